The number of fused-ring (bicyclic) bond motifs is 1. The monoisotopic (exact) mass is 399 g/mol. The highest BCUT2D eigenvalue weighted by Crippen LogP contribution is 2.36. The van der Waals surface area contributed by atoms with Crippen molar-refractivity contribution < 1.29 is 8.42 Å². The maximum absolute atomic E-state index is 12.0. The lowest BCUT2D eigenvalue weighted by Crippen LogP contribution is -2.27. The smallest absolute Gasteiger partial charge is 0.159 e. The summed E-state index contributed by atoms with van der Waals surface area (Å²) in [6.07, 6.45) is 4.80. The molecule has 0 aromatic carbocycles. The first-order chi connectivity index (χ1) is 10.2. The Balaban J connectivity index is 2.12. The molecule has 0 aliphatic rings. The van der Waals surface area contributed by atoms with E-state index in [4.69, 9.17) is 0 Å². The zero-order chi connectivity index (χ0) is 16.1. The molecule has 3 aromatic rings. The standard InChI is InChI=1S/C14H14BrN3O2S2/c1-14(2,22(3,19)20)13-18-11(7-21-13)10-6-17-12-9(10)4-8(15)5-16-12/h4-7H,1-3H3,(H,16,17). The summed E-state index contributed by atoms with van der Waals surface area (Å²) in [4.78, 5) is 12.0. The highest BCUT2D eigenvalue weighted by molar-refractivity contribution is 9.10. The molecule has 3 aromatic heterocycles. The Morgan fingerprint density at radius 2 is 2.09 bits per heavy atom. The van der Waals surface area contributed by atoms with Crippen LogP contribution in [0, 0.1) is 0 Å². The summed E-state index contributed by atoms with van der Waals surface area (Å²) < 4.78 is 23.8. The van der Waals surface area contributed by atoms with E-state index in [2.05, 4.69) is 30.9 Å². The van der Waals surface area contributed by atoms with Crippen LogP contribution in [-0.4, -0.2) is 29.6 Å². The molecule has 1 N–H and O–H groups in total. The molecule has 0 amide bonds. The first-order valence-electron chi connectivity index (χ1n) is 6.49. The van der Waals surface area contributed by atoms with Crippen molar-refractivity contribution in [2.75, 3.05) is 6.26 Å². The van der Waals surface area contributed by atoms with Crippen molar-refractivity contribution >= 4 is 48.1 Å². The highest BCUT2D eigenvalue weighted by Gasteiger charge is 2.35. The largest absolute Gasteiger partial charge is 0.345 e. The fraction of sp³-hybridized carbons (Fsp3) is 0.286. The molecular formula is C14H14BrN3O2S2. The minimum absolute atomic E-state index is 0.585. The van der Waals surface area contributed by atoms with E-state index in [1.54, 1.807) is 20.0 Å². The van der Waals surface area contributed by atoms with Crippen LogP contribution in [0.15, 0.2) is 28.3 Å². The first kappa shape index (κ1) is 15.6. The van der Waals surface area contributed by atoms with Gasteiger partial charge in [0.1, 0.15) is 15.4 Å². The fourth-order valence-corrected chi connectivity index (χ4v) is 4.15. The van der Waals surface area contributed by atoms with Crippen molar-refractivity contribution in [1.82, 2.24) is 15.0 Å². The van der Waals surface area contributed by atoms with Crippen LogP contribution in [0.25, 0.3) is 22.3 Å². The van der Waals surface area contributed by atoms with E-state index in [-0.39, 0.29) is 0 Å². The molecule has 116 valence electrons. The number of halogens is 1. The molecule has 0 bridgehead atoms. The summed E-state index contributed by atoms with van der Waals surface area (Å²) in [6.45, 7) is 3.36. The van der Waals surface area contributed by atoms with Crippen LogP contribution in [-0.2, 0) is 14.6 Å². The highest BCUT2D eigenvalue weighted by atomic mass is 79.9. The molecule has 0 aliphatic heterocycles. The second-order valence-electron chi connectivity index (χ2n) is 5.57. The van der Waals surface area contributed by atoms with Crippen molar-refractivity contribution in [3.8, 4) is 11.3 Å². The molecule has 22 heavy (non-hydrogen) atoms. The minimum Gasteiger partial charge on any atom is -0.345 e. The van der Waals surface area contributed by atoms with Crippen LogP contribution in [0.4, 0.5) is 0 Å². The average Bonchev–Trinajstić information content (AvgIpc) is 3.02. The molecule has 3 rings (SSSR count). The lowest BCUT2D eigenvalue weighted by atomic mass is 10.2. The topological polar surface area (TPSA) is 75.7 Å². The van der Waals surface area contributed by atoms with Crippen molar-refractivity contribution in [2.24, 2.45) is 0 Å². The van der Waals surface area contributed by atoms with Gasteiger partial charge < -0.3 is 4.98 Å². The third-order valence-electron chi connectivity index (χ3n) is 3.72. The summed E-state index contributed by atoms with van der Waals surface area (Å²) >= 11 is 4.77. The van der Waals surface area contributed by atoms with E-state index in [0.29, 0.717) is 5.01 Å². The van der Waals surface area contributed by atoms with Gasteiger partial charge in [-0.1, -0.05) is 0 Å². The number of hydrogen-bond acceptors (Lipinski definition) is 5. The molecule has 8 heteroatoms. The SMILES string of the molecule is CC(C)(c1nc(-c2c[nH]c3ncc(Br)cc23)cs1)S(C)(=O)=O. The van der Waals surface area contributed by atoms with Crippen LogP contribution in [0.2, 0.25) is 0 Å². The number of nitrogens with one attached hydrogen (secondary N) is 1. The summed E-state index contributed by atoms with van der Waals surface area (Å²) in [5.41, 5.74) is 2.44. The van der Waals surface area contributed by atoms with E-state index in [9.17, 15) is 8.42 Å². The van der Waals surface area contributed by atoms with Gasteiger partial charge in [0.05, 0.1) is 5.69 Å². The van der Waals surface area contributed by atoms with Gasteiger partial charge in [-0.05, 0) is 35.8 Å². The Morgan fingerprint density at radius 3 is 2.77 bits per heavy atom. The molecule has 0 saturated carbocycles. The Hall–Kier alpha value is -1.25. The van der Waals surface area contributed by atoms with E-state index in [1.165, 1.54) is 17.6 Å². The molecular weight excluding hydrogens is 386 g/mol. The van der Waals surface area contributed by atoms with E-state index in [0.717, 1.165) is 26.8 Å². The van der Waals surface area contributed by atoms with Gasteiger partial charge in [0.15, 0.2) is 9.84 Å². The van der Waals surface area contributed by atoms with Gasteiger partial charge >= 0.3 is 0 Å². The van der Waals surface area contributed by atoms with E-state index < -0.39 is 14.6 Å². The number of rotatable bonds is 3. The zero-order valence-corrected chi connectivity index (χ0v) is 15.4. The lowest BCUT2D eigenvalue weighted by molar-refractivity contribution is 0.560. The molecule has 0 aliphatic carbocycles. The number of sulfone groups is 1. The predicted molar refractivity (Wildman–Crippen MR) is 92.8 cm³/mol. The number of nitrogens with zero attached hydrogens (tertiary/aromatic N) is 2. The van der Waals surface area contributed by atoms with Gasteiger partial charge in [-0.3, -0.25) is 0 Å². The van der Waals surface area contributed by atoms with Gasteiger partial charge in [0.2, 0.25) is 0 Å². The van der Waals surface area contributed by atoms with Crippen molar-refractivity contribution in [1.29, 1.82) is 0 Å². The number of aromatic amines is 1. The number of aromatic nitrogens is 3. The molecule has 0 saturated heterocycles. The quantitative estimate of drug-likeness (QED) is 0.727. The maximum atomic E-state index is 12.0. The number of hydrogen-bond donors (Lipinski definition) is 1. The Kier molecular flexibility index (Phi) is 3.65. The van der Waals surface area contributed by atoms with Crippen LogP contribution >= 0.6 is 27.3 Å². The third-order valence-corrected chi connectivity index (χ3v) is 7.50. The van der Waals surface area contributed by atoms with Crippen LogP contribution in [0.3, 0.4) is 0 Å². The van der Waals surface area contributed by atoms with Crippen molar-refractivity contribution in [2.45, 2.75) is 18.6 Å². The molecule has 0 radical (unpaired) electrons. The average molecular weight is 400 g/mol. The minimum atomic E-state index is -3.24. The number of pyridine rings is 1. The molecule has 3 heterocycles. The fourth-order valence-electron chi connectivity index (χ4n) is 2.02. The Bertz CT molecular complexity index is 958. The summed E-state index contributed by atoms with van der Waals surface area (Å²) in [6, 6.07) is 1.97. The zero-order valence-electron chi connectivity index (χ0n) is 12.2. The van der Waals surface area contributed by atoms with Crippen LogP contribution in [0.5, 0.6) is 0 Å². The second-order valence-corrected chi connectivity index (χ2v) is 9.91. The molecule has 0 fully saturated rings. The summed E-state index contributed by atoms with van der Waals surface area (Å²) in [5, 5.41) is 3.41. The second kappa shape index (κ2) is 5.14. The molecule has 0 unspecified atom stereocenters. The van der Waals surface area contributed by atoms with Crippen molar-refractivity contribution in [3.05, 3.63) is 33.3 Å². The third kappa shape index (κ3) is 2.49. The Morgan fingerprint density at radius 1 is 1.36 bits per heavy atom. The normalized spacial score (nSPS) is 12.9. The molecule has 0 atom stereocenters. The molecule has 0 spiro atoms. The van der Waals surface area contributed by atoms with Gasteiger partial charge in [0, 0.05) is 39.5 Å². The van der Waals surface area contributed by atoms with Crippen molar-refractivity contribution in [3.63, 3.8) is 0 Å². The van der Waals surface area contributed by atoms with Gasteiger partial charge in [-0.15, -0.1) is 11.3 Å². The predicted octanol–water partition coefficient (Wildman–Crippen LogP) is 3.73. The van der Waals surface area contributed by atoms with Gasteiger partial charge in [0.25, 0.3) is 0 Å². The first-order valence-corrected chi connectivity index (χ1v) is 10.0. The van der Waals surface area contributed by atoms with Gasteiger partial charge in [-0.2, -0.15) is 0 Å². The maximum Gasteiger partial charge on any atom is 0.159 e. The van der Waals surface area contributed by atoms with E-state index >= 15 is 0 Å². The van der Waals surface area contributed by atoms with Crippen LogP contribution in [0.1, 0.15) is 18.9 Å². The number of H-pyrrole nitrogens is 1. The number of thiazole rings is 1. The van der Waals surface area contributed by atoms with E-state index in [1.807, 2.05) is 17.6 Å². The summed E-state index contributed by atoms with van der Waals surface area (Å²) in [7, 11) is -3.24. The lowest BCUT2D eigenvalue weighted by Gasteiger charge is -2.19. The Labute approximate surface area is 140 Å². The van der Waals surface area contributed by atoms with Crippen LogP contribution < -0.4 is 0 Å². The molecule has 5 nitrogen and oxygen atoms in total. The van der Waals surface area contributed by atoms with Gasteiger partial charge in [-0.25, -0.2) is 18.4 Å². The summed E-state index contributed by atoms with van der Waals surface area (Å²) in [5.74, 6) is 0.